The van der Waals surface area contributed by atoms with Gasteiger partial charge in [0.2, 0.25) is 10.0 Å². The topological polar surface area (TPSA) is 40.6 Å². The molecule has 0 amide bonds. The fraction of sp³-hybridized carbons (Fsp3) is 0.429. The summed E-state index contributed by atoms with van der Waals surface area (Å²) in [7, 11) is -3.44. The SMILES string of the molecule is CCc1ccc(N2CCN(S(=O)(=O)c3ccc(C)c(C)c3C)CC2)cc1. The Morgan fingerprint density at radius 3 is 2.04 bits per heavy atom. The molecule has 0 aliphatic carbocycles. The monoisotopic (exact) mass is 372 g/mol. The van der Waals surface area contributed by atoms with E-state index >= 15 is 0 Å². The van der Waals surface area contributed by atoms with E-state index in [1.165, 1.54) is 11.3 Å². The van der Waals surface area contributed by atoms with Crippen molar-refractivity contribution in [3.63, 3.8) is 0 Å². The van der Waals surface area contributed by atoms with Gasteiger partial charge in [0.15, 0.2) is 0 Å². The molecule has 0 saturated carbocycles. The molecule has 2 aromatic carbocycles. The quantitative estimate of drug-likeness (QED) is 0.822. The molecule has 1 fully saturated rings. The zero-order chi connectivity index (χ0) is 18.9. The maximum Gasteiger partial charge on any atom is 0.243 e. The first kappa shape index (κ1) is 18.9. The first-order chi connectivity index (χ1) is 12.3. The number of hydrogen-bond donors (Lipinski definition) is 0. The summed E-state index contributed by atoms with van der Waals surface area (Å²) in [6, 6.07) is 12.2. The second-order valence-electron chi connectivity index (χ2n) is 7.04. The standard InChI is InChI=1S/C21H28N2O2S/c1-5-19-7-9-20(10-8-19)22-12-14-23(15-13-22)26(24,25)21-11-6-16(2)17(3)18(21)4/h6-11H,5,12-15H2,1-4H3. The van der Waals surface area contributed by atoms with E-state index in [1.807, 2.05) is 26.8 Å². The van der Waals surface area contributed by atoms with E-state index in [0.29, 0.717) is 31.1 Å². The molecule has 1 saturated heterocycles. The van der Waals surface area contributed by atoms with Crippen LogP contribution in [-0.4, -0.2) is 38.9 Å². The van der Waals surface area contributed by atoms with Gasteiger partial charge in [-0.25, -0.2) is 8.42 Å². The molecule has 1 aliphatic rings. The molecule has 0 spiro atoms. The van der Waals surface area contributed by atoms with Gasteiger partial charge >= 0.3 is 0 Å². The highest BCUT2D eigenvalue weighted by Gasteiger charge is 2.30. The van der Waals surface area contributed by atoms with Gasteiger partial charge < -0.3 is 4.90 Å². The van der Waals surface area contributed by atoms with E-state index in [1.54, 1.807) is 10.4 Å². The Bertz CT molecular complexity index is 881. The van der Waals surface area contributed by atoms with E-state index in [2.05, 4.69) is 36.1 Å². The van der Waals surface area contributed by atoms with Crippen LogP contribution in [0.2, 0.25) is 0 Å². The first-order valence-electron chi connectivity index (χ1n) is 9.25. The third-order valence-corrected chi connectivity index (χ3v) is 7.62. The number of anilines is 1. The van der Waals surface area contributed by atoms with Crippen LogP contribution in [0.25, 0.3) is 0 Å². The van der Waals surface area contributed by atoms with Gasteiger partial charge in [0.05, 0.1) is 4.90 Å². The van der Waals surface area contributed by atoms with Crippen LogP contribution in [0.3, 0.4) is 0 Å². The Balaban J connectivity index is 1.75. The molecule has 2 aromatic rings. The van der Waals surface area contributed by atoms with Crippen LogP contribution in [-0.2, 0) is 16.4 Å². The highest BCUT2D eigenvalue weighted by Crippen LogP contribution is 2.26. The summed E-state index contributed by atoms with van der Waals surface area (Å²) in [6.07, 6.45) is 1.03. The van der Waals surface area contributed by atoms with Gasteiger partial charge in [-0.3, -0.25) is 0 Å². The van der Waals surface area contributed by atoms with Crippen LogP contribution in [0.15, 0.2) is 41.3 Å². The third-order valence-electron chi connectivity index (χ3n) is 5.57. The molecular weight excluding hydrogens is 344 g/mol. The predicted molar refractivity (Wildman–Crippen MR) is 107 cm³/mol. The molecule has 0 N–H and O–H groups in total. The van der Waals surface area contributed by atoms with Gasteiger partial charge in [0.1, 0.15) is 0 Å². The molecule has 0 unspecified atom stereocenters. The van der Waals surface area contributed by atoms with Crippen molar-refractivity contribution in [2.75, 3.05) is 31.1 Å². The van der Waals surface area contributed by atoms with Crippen molar-refractivity contribution in [1.29, 1.82) is 0 Å². The van der Waals surface area contributed by atoms with Gasteiger partial charge in [0, 0.05) is 31.9 Å². The molecule has 140 valence electrons. The van der Waals surface area contributed by atoms with Gasteiger partial charge in [-0.05, 0) is 67.6 Å². The summed E-state index contributed by atoms with van der Waals surface area (Å²) >= 11 is 0. The van der Waals surface area contributed by atoms with Crippen LogP contribution >= 0.6 is 0 Å². The van der Waals surface area contributed by atoms with Crippen molar-refractivity contribution in [2.24, 2.45) is 0 Å². The summed E-state index contributed by atoms with van der Waals surface area (Å²) in [5, 5.41) is 0. The fourth-order valence-corrected chi connectivity index (χ4v) is 5.18. The first-order valence-corrected chi connectivity index (χ1v) is 10.7. The molecule has 1 heterocycles. The van der Waals surface area contributed by atoms with E-state index in [-0.39, 0.29) is 0 Å². The van der Waals surface area contributed by atoms with E-state index in [4.69, 9.17) is 0 Å². The lowest BCUT2D eigenvalue weighted by molar-refractivity contribution is 0.384. The lowest BCUT2D eigenvalue weighted by atomic mass is 10.1. The third kappa shape index (κ3) is 3.51. The summed E-state index contributed by atoms with van der Waals surface area (Å²) in [5.41, 5.74) is 5.53. The second-order valence-corrected chi connectivity index (χ2v) is 8.95. The largest absolute Gasteiger partial charge is 0.369 e. The number of hydrogen-bond acceptors (Lipinski definition) is 3. The predicted octanol–water partition coefficient (Wildman–Crippen LogP) is 3.69. The minimum absolute atomic E-state index is 0.446. The van der Waals surface area contributed by atoms with Crippen LogP contribution < -0.4 is 4.90 Å². The van der Waals surface area contributed by atoms with Crippen molar-refractivity contribution in [1.82, 2.24) is 4.31 Å². The molecule has 0 bridgehead atoms. The van der Waals surface area contributed by atoms with Crippen LogP contribution in [0, 0.1) is 20.8 Å². The van der Waals surface area contributed by atoms with Crippen molar-refractivity contribution in [3.05, 3.63) is 58.7 Å². The van der Waals surface area contributed by atoms with Gasteiger partial charge in [-0.15, -0.1) is 0 Å². The van der Waals surface area contributed by atoms with Crippen LogP contribution in [0.5, 0.6) is 0 Å². The molecule has 4 nitrogen and oxygen atoms in total. The van der Waals surface area contributed by atoms with Gasteiger partial charge in [-0.2, -0.15) is 4.31 Å². The lowest BCUT2D eigenvalue weighted by Crippen LogP contribution is -2.48. The Kier molecular flexibility index (Phi) is 5.39. The fourth-order valence-electron chi connectivity index (χ4n) is 3.48. The Morgan fingerprint density at radius 2 is 1.46 bits per heavy atom. The Labute approximate surface area is 157 Å². The number of nitrogens with zero attached hydrogens (tertiary/aromatic N) is 2. The highest BCUT2D eigenvalue weighted by molar-refractivity contribution is 7.89. The van der Waals surface area contributed by atoms with Crippen LogP contribution in [0.1, 0.15) is 29.2 Å². The van der Waals surface area contributed by atoms with Gasteiger partial charge in [-0.1, -0.05) is 25.1 Å². The normalized spacial score (nSPS) is 16.1. The molecule has 3 rings (SSSR count). The number of sulfonamides is 1. The van der Waals surface area contributed by atoms with E-state index in [0.717, 1.165) is 23.1 Å². The zero-order valence-electron chi connectivity index (χ0n) is 16.1. The van der Waals surface area contributed by atoms with Crippen molar-refractivity contribution >= 4 is 15.7 Å². The molecule has 1 aliphatic heterocycles. The molecule has 0 aromatic heterocycles. The molecule has 0 radical (unpaired) electrons. The summed E-state index contributed by atoms with van der Waals surface area (Å²) in [4.78, 5) is 2.71. The van der Waals surface area contributed by atoms with E-state index in [9.17, 15) is 8.42 Å². The van der Waals surface area contributed by atoms with Crippen LogP contribution in [0.4, 0.5) is 5.69 Å². The Morgan fingerprint density at radius 1 is 0.846 bits per heavy atom. The summed E-state index contributed by atoms with van der Waals surface area (Å²) < 4.78 is 27.8. The molecule has 26 heavy (non-hydrogen) atoms. The molecule has 5 heteroatoms. The van der Waals surface area contributed by atoms with Crippen molar-refractivity contribution in [3.8, 4) is 0 Å². The minimum atomic E-state index is -3.44. The maximum atomic E-state index is 13.1. The highest BCUT2D eigenvalue weighted by atomic mass is 32.2. The van der Waals surface area contributed by atoms with Crippen molar-refractivity contribution < 1.29 is 8.42 Å². The molecular formula is C21H28N2O2S. The number of benzene rings is 2. The average Bonchev–Trinajstić information content (AvgIpc) is 2.66. The smallest absolute Gasteiger partial charge is 0.243 e. The Hall–Kier alpha value is -1.85. The average molecular weight is 373 g/mol. The number of aryl methyl sites for hydroxylation is 2. The minimum Gasteiger partial charge on any atom is -0.369 e. The second kappa shape index (κ2) is 7.41. The number of rotatable bonds is 4. The summed E-state index contributed by atoms with van der Waals surface area (Å²) in [5.74, 6) is 0. The van der Waals surface area contributed by atoms with E-state index < -0.39 is 10.0 Å². The molecule has 0 atom stereocenters. The van der Waals surface area contributed by atoms with Crippen molar-refractivity contribution in [2.45, 2.75) is 39.0 Å². The zero-order valence-corrected chi connectivity index (χ0v) is 16.9. The lowest BCUT2D eigenvalue weighted by Gasteiger charge is -2.35. The number of piperazine rings is 1. The maximum absolute atomic E-state index is 13.1. The summed E-state index contributed by atoms with van der Waals surface area (Å²) in [6.45, 7) is 10.5. The van der Waals surface area contributed by atoms with Gasteiger partial charge in [0.25, 0.3) is 0 Å².